The topological polar surface area (TPSA) is 12.0 Å². The van der Waals surface area contributed by atoms with E-state index in [1.807, 2.05) is 13.0 Å². The maximum Gasteiger partial charge on any atom is 0.149 e. The number of hydrogen-bond acceptors (Lipinski definition) is 1. The van der Waals surface area contributed by atoms with Gasteiger partial charge in [-0.3, -0.25) is 0 Å². The molecule has 0 aliphatic rings. The van der Waals surface area contributed by atoms with Gasteiger partial charge in [-0.15, -0.1) is 0 Å². The summed E-state index contributed by atoms with van der Waals surface area (Å²) in [4.78, 5) is 0. The molecule has 21 heavy (non-hydrogen) atoms. The van der Waals surface area contributed by atoms with Gasteiger partial charge in [-0.25, -0.2) is 8.78 Å². The summed E-state index contributed by atoms with van der Waals surface area (Å²) < 4.78 is 27.3. The maximum atomic E-state index is 13.8. The molecule has 1 atom stereocenters. The molecule has 0 heterocycles. The molecule has 0 saturated heterocycles. The molecule has 1 unspecified atom stereocenters. The molecule has 6 heteroatoms. The van der Waals surface area contributed by atoms with Crippen molar-refractivity contribution in [1.29, 1.82) is 0 Å². The monoisotopic (exact) mass is 393 g/mol. The smallest absolute Gasteiger partial charge is 0.149 e. The van der Waals surface area contributed by atoms with E-state index >= 15 is 0 Å². The minimum Gasteiger partial charge on any atom is -0.376 e. The van der Waals surface area contributed by atoms with Gasteiger partial charge in [0, 0.05) is 6.07 Å². The van der Waals surface area contributed by atoms with Crippen molar-refractivity contribution in [3.05, 3.63) is 62.0 Å². The van der Waals surface area contributed by atoms with Crippen LogP contribution in [0.1, 0.15) is 24.9 Å². The Balaban J connectivity index is 2.31. The van der Waals surface area contributed by atoms with Crippen molar-refractivity contribution in [3.63, 3.8) is 0 Å². The first-order valence-corrected chi connectivity index (χ1v) is 7.83. The average molecular weight is 395 g/mol. The predicted molar refractivity (Wildman–Crippen MR) is 87.2 cm³/mol. The standard InChI is InChI=1S/C15H12BrCl2F2N/c1-2-14(8-3-4-10(17)11(18)5-8)21-15-6-9(16)12(19)7-13(15)20/h3-7,14,21H,2H2,1H3. The maximum absolute atomic E-state index is 13.8. The van der Waals surface area contributed by atoms with Gasteiger partial charge >= 0.3 is 0 Å². The fourth-order valence-corrected chi connectivity index (χ4v) is 2.62. The number of rotatable bonds is 4. The Hall–Kier alpha value is -0.840. The van der Waals surface area contributed by atoms with Gasteiger partial charge in [0.05, 0.1) is 26.2 Å². The molecule has 1 nitrogen and oxygen atoms in total. The molecule has 112 valence electrons. The number of halogens is 5. The van der Waals surface area contributed by atoms with E-state index in [0.29, 0.717) is 16.5 Å². The lowest BCUT2D eigenvalue weighted by Crippen LogP contribution is -2.11. The summed E-state index contributed by atoms with van der Waals surface area (Å²) in [6.07, 6.45) is 0.701. The molecular weight excluding hydrogens is 383 g/mol. The highest BCUT2D eigenvalue weighted by Gasteiger charge is 2.15. The van der Waals surface area contributed by atoms with Gasteiger partial charge in [0.1, 0.15) is 11.6 Å². The van der Waals surface area contributed by atoms with Gasteiger partial charge in [0.25, 0.3) is 0 Å². The first kappa shape index (κ1) is 16.5. The molecule has 0 saturated carbocycles. The van der Waals surface area contributed by atoms with Crippen molar-refractivity contribution in [1.82, 2.24) is 0 Å². The number of nitrogens with one attached hydrogen (secondary N) is 1. The van der Waals surface area contributed by atoms with Crippen molar-refractivity contribution in [2.45, 2.75) is 19.4 Å². The number of anilines is 1. The number of benzene rings is 2. The highest BCUT2D eigenvalue weighted by molar-refractivity contribution is 9.10. The van der Waals surface area contributed by atoms with Crippen molar-refractivity contribution in [3.8, 4) is 0 Å². The van der Waals surface area contributed by atoms with Crippen molar-refractivity contribution in [2.24, 2.45) is 0 Å². The Morgan fingerprint density at radius 1 is 1.10 bits per heavy atom. The lowest BCUT2D eigenvalue weighted by Gasteiger charge is -2.20. The summed E-state index contributed by atoms with van der Waals surface area (Å²) >= 11 is 14.9. The third-order valence-corrected chi connectivity index (χ3v) is 4.44. The third-order valence-electron chi connectivity index (χ3n) is 3.09. The van der Waals surface area contributed by atoms with E-state index in [-0.39, 0.29) is 16.2 Å². The Morgan fingerprint density at radius 2 is 1.81 bits per heavy atom. The summed E-state index contributed by atoms with van der Waals surface area (Å²) in [7, 11) is 0. The second-order valence-corrected chi connectivity index (χ2v) is 6.19. The van der Waals surface area contributed by atoms with Crippen LogP contribution < -0.4 is 5.32 Å². The SMILES string of the molecule is CCC(Nc1cc(Br)c(F)cc1F)c1ccc(Cl)c(Cl)c1. The van der Waals surface area contributed by atoms with E-state index in [4.69, 9.17) is 23.2 Å². The molecule has 2 aromatic rings. The van der Waals surface area contributed by atoms with E-state index < -0.39 is 11.6 Å². The Labute approximate surface area is 140 Å². The zero-order chi connectivity index (χ0) is 15.6. The van der Waals surface area contributed by atoms with Crippen LogP contribution in [0.15, 0.2) is 34.8 Å². The fraction of sp³-hybridized carbons (Fsp3) is 0.200. The normalized spacial score (nSPS) is 12.3. The van der Waals surface area contributed by atoms with Gasteiger partial charge < -0.3 is 5.32 Å². The largest absolute Gasteiger partial charge is 0.376 e. The summed E-state index contributed by atoms with van der Waals surface area (Å²) in [5.41, 5.74) is 1.10. The lowest BCUT2D eigenvalue weighted by atomic mass is 10.0. The molecule has 0 aliphatic carbocycles. The average Bonchev–Trinajstić information content (AvgIpc) is 2.44. The van der Waals surface area contributed by atoms with Gasteiger partial charge in [0.2, 0.25) is 0 Å². The molecule has 2 rings (SSSR count). The quantitative estimate of drug-likeness (QED) is 0.576. The zero-order valence-electron chi connectivity index (χ0n) is 11.1. The van der Waals surface area contributed by atoms with Crippen molar-refractivity contribution >= 4 is 44.8 Å². The first-order chi connectivity index (χ1) is 9.92. The summed E-state index contributed by atoms with van der Waals surface area (Å²) in [6.45, 7) is 1.96. The highest BCUT2D eigenvalue weighted by Crippen LogP contribution is 2.31. The van der Waals surface area contributed by atoms with E-state index in [1.165, 1.54) is 6.07 Å². The van der Waals surface area contributed by atoms with E-state index in [9.17, 15) is 8.78 Å². The van der Waals surface area contributed by atoms with E-state index in [2.05, 4.69) is 21.2 Å². The van der Waals surface area contributed by atoms with Crippen LogP contribution >= 0.6 is 39.1 Å². The van der Waals surface area contributed by atoms with Crippen LogP contribution in [0.2, 0.25) is 10.0 Å². The Kier molecular flexibility index (Phi) is 5.47. The van der Waals surface area contributed by atoms with Crippen LogP contribution in [-0.2, 0) is 0 Å². The first-order valence-electron chi connectivity index (χ1n) is 6.28. The Morgan fingerprint density at radius 3 is 2.43 bits per heavy atom. The molecule has 0 amide bonds. The second-order valence-electron chi connectivity index (χ2n) is 4.52. The summed E-state index contributed by atoms with van der Waals surface area (Å²) in [6, 6.07) is 7.32. The van der Waals surface area contributed by atoms with Gasteiger partial charge in [0.15, 0.2) is 0 Å². The molecule has 2 aromatic carbocycles. The predicted octanol–water partition coefficient (Wildman–Crippen LogP) is 6.60. The molecule has 1 N–H and O–H groups in total. The molecule has 0 bridgehead atoms. The minimum absolute atomic E-state index is 0.161. The van der Waals surface area contributed by atoms with E-state index in [0.717, 1.165) is 11.6 Å². The van der Waals surface area contributed by atoms with Crippen LogP contribution in [-0.4, -0.2) is 0 Å². The fourth-order valence-electron chi connectivity index (χ4n) is 1.97. The third kappa shape index (κ3) is 3.87. The molecule has 0 fully saturated rings. The second kappa shape index (κ2) is 6.95. The number of hydrogen-bond donors (Lipinski definition) is 1. The summed E-state index contributed by atoms with van der Waals surface area (Å²) in [5, 5.41) is 3.96. The Bertz CT molecular complexity index is 664. The molecular formula is C15H12BrCl2F2N. The molecule has 0 radical (unpaired) electrons. The van der Waals surface area contributed by atoms with E-state index in [1.54, 1.807) is 12.1 Å². The van der Waals surface area contributed by atoms with Crippen LogP contribution in [0.3, 0.4) is 0 Å². The van der Waals surface area contributed by atoms with Gasteiger partial charge in [-0.2, -0.15) is 0 Å². The van der Waals surface area contributed by atoms with Gasteiger partial charge in [-0.05, 0) is 46.1 Å². The van der Waals surface area contributed by atoms with Crippen molar-refractivity contribution in [2.75, 3.05) is 5.32 Å². The summed E-state index contributed by atoms with van der Waals surface area (Å²) in [5.74, 6) is -1.28. The molecule has 0 spiro atoms. The molecule has 0 aliphatic heterocycles. The van der Waals surface area contributed by atoms with Crippen LogP contribution in [0.5, 0.6) is 0 Å². The van der Waals surface area contributed by atoms with Gasteiger partial charge in [-0.1, -0.05) is 36.2 Å². The molecule has 0 aromatic heterocycles. The van der Waals surface area contributed by atoms with Crippen LogP contribution in [0.4, 0.5) is 14.5 Å². The lowest BCUT2D eigenvalue weighted by molar-refractivity contribution is 0.578. The minimum atomic E-state index is -0.644. The zero-order valence-corrected chi connectivity index (χ0v) is 14.2. The highest BCUT2D eigenvalue weighted by atomic mass is 79.9. The van der Waals surface area contributed by atoms with Crippen molar-refractivity contribution < 1.29 is 8.78 Å². The van der Waals surface area contributed by atoms with Crippen LogP contribution in [0.25, 0.3) is 0 Å². The van der Waals surface area contributed by atoms with Crippen LogP contribution in [0, 0.1) is 11.6 Å².